The van der Waals surface area contributed by atoms with Crippen molar-refractivity contribution in [1.82, 2.24) is 4.98 Å². The third kappa shape index (κ3) is 8.40. The zero-order valence-corrected chi connectivity index (χ0v) is 22.0. The topological polar surface area (TPSA) is 179 Å². The number of carbonyl (C=O) groups is 3. The zero-order valence-electron chi connectivity index (χ0n) is 21.1. The van der Waals surface area contributed by atoms with Crippen LogP contribution >= 0.6 is 7.60 Å². The van der Waals surface area contributed by atoms with Crippen molar-refractivity contribution >= 4 is 25.5 Å². The van der Waals surface area contributed by atoms with E-state index in [2.05, 4.69) is 15.0 Å². The molecule has 1 atom stereocenters. The molecular weight excluding hydrogens is 483 g/mol. The summed E-state index contributed by atoms with van der Waals surface area (Å²) < 4.78 is 39.3. The summed E-state index contributed by atoms with van der Waals surface area (Å²) in [7, 11) is -1.73. The molecular formula is C21H33N4O9P. The van der Waals surface area contributed by atoms with Gasteiger partial charge >= 0.3 is 25.5 Å². The van der Waals surface area contributed by atoms with Crippen LogP contribution < -0.4 is 0 Å². The number of H-pyrrole nitrogens is 1. The monoisotopic (exact) mass is 516 g/mol. The molecule has 0 aliphatic carbocycles. The third-order valence-electron chi connectivity index (χ3n) is 4.55. The van der Waals surface area contributed by atoms with Gasteiger partial charge in [0.25, 0.3) is 0 Å². The molecule has 0 fully saturated rings. The molecule has 1 N–H and O–H groups in total. The summed E-state index contributed by atoms with van der Waals surface area (Å²) in [5, 5.41) is 3.64. The highest BCUT2D eigenvalue weighted by Gasteiger charge is 2.41. The number of rotatable bonds is 13. The Morgan fingerprint density at radius 1 is 1.06 bits per heavy atom. The minimum Gasteiger partial charge on any atom is -0.469 e. The maximum absolute atomic E-state index is 13.6. The first-order valence-electron chi connectivity index (χ1n) is 10.9. The van der Waals surface area contributed by atoms with Crippen molar-refractivity contribution in [2.24, 2.45) is 5.11 Å². The van der Waals surface area contributed by atoms with Crippen LogP contribution in [0.5, 0.6) is 0 Å². The van der Waals surface area contributed by atoms with Gasteiger partial charge in [0.05, 0.1) is 33.9 Å². The zero-order chi connectivity index (χ0) is 26.8. The first-order valence-corrected chi connectivity index (χ1v) is 12.5. The maximum atomic E-state index is 13.6. The van der Waals surface area contributed by atoms with Gasteiger partial charge < -0.3 is 28.2 Å². The van der Waals surface area contributed by atoms with E-state index in [1.807, 2.05) is 0 Å². The quantitative estimate of drug-likeness (QED) is 0.0995. The summed E-state index contributed by atoms with van der Waals surface area (Å²) in [6.07, 6.45) is -0.573. The van der Waals surface area contributed by atoms with E-state index in [0.717, 1.165) is 0 Å². The molecule has 1 aromatic heterocycles. The molecule has 0 saturated carbocycles. The minimum absolute atomic E-state index is 0.0319. The second kappa shape index (κ2) is 13.3. The van der Waals surface area contributed by atoms with Crippen LogP contribution in [0.15, 0.2) is 5.11 Å². The van der Waals surface area contributed by atoms with E-state index >= 15 is 0 Å². The van der Waals surface area contributed by atoms with Crippen LogP contribution in [0.4, 0.5) is 0 Å². The number of azide groups is 1. The van der Waals surface area contributed by atoms with E-state index in [0.29, 0.717) is 0 Å². The fourth-order valence-electron chi connectivity index (χ4n) is 3.21. The number of aromatic amines is 1. The molecule has 1 rings (SSSR count). The molecule has 14 heteroatoms. The normalized spacial score (nSPS) is 12.4. The van der Waals surface area contributed by atoms with Gasteiger partial charge in [-0.3, -0.25) is 14.2 Å². The number of ether oxygens (including phenoxy) is 3. The molecule has 0 bridgehead atoms. The molecule has 35 heavy (non-hydrogen) atoms. The van der Waals surface area contributed by atoms with E-state index in [1.165, 1.54) is 14.2 Å². The second-order valence-electron chi connectivity index (χ2n) is 8.16. The molecule has 0 aliphatic rings. The number of methoxy groups -OCH3 is 2. The first kappa shape index (κ1) is 30.2. The smallest absolute Gasteiger partial charge is 0.355 e. The lowest BCUT2D eigenvalue weighted by Crippen LogP contribution is -2.25. The predicted octanol–water partition coefficient (Wildman–Crippen LogP) is 4.37. The van der Waals surface area contributed by atoms with Crippen LogP contribution in [0.2, 0.25) is 0 Å². The van der Waals surface area contributed by atoms with Crippen LogP contribution in [-0.2, 0) is 50.3 Å². The Hall–Kier alpha value is -2.85. The summed E-state index contributed by atoms with van der Waals surface area (Å²) in [5.74, 6) is -3.62. The van der Waals surface area contributed by atoms with Crippen molar-refractivity contribution in [3.05, 3.63) is 33.0 Å². The van der Waals surface area contributed by atoms with Crippen LogP contribution in [0.3, 0.4) is 0 Å². The Balaban J connectivity index is 3.93. The average molecular weight is 516 g/mol. The highest BCUT2D eigenvalue weighted by Crippen LogP contribution is 2.62. The minimum atomic E-state index is -4.12. The number of carbonyl (C=O) groups excluding carboxylic acids is 3. The SMILES string of the molecule is CCOP(=O)(OCC)C(N=[N+]=[N-])c1[nH]c(C(=O)OC(C)(C)C)c(CCC(=O)OC)c1CC(=O)OC. The molecule has 0 spiro atoms. The fourth-order valence-corrected chi connectivity index (χ4v) is 5.00. The lowest BCUT2D eigenvalue weighted by molar-refractivity contribution is -0.141. The molecule has 0 radical (unpaired) electrons. The molecule has 0 aromatic carbocycles. The lowest BCUT2D eigenvalue weighted by atomic mass is 10.00. The number of nitrogens with one attached hydrogen (secondary N) is 1. The standard InChI is InChI=1S/C21H33N4O9P/c1-8-32-35(29,33-9-2)19(24-25-22)17-14(12-16(27)31-7)13(10-11-15(26)30-6)18(23-17)20(28)34-21(3,4)5/h19,23H,8-12H2,1-7H3. The van der Waals surface area contributed by atoms with Crippen molar-refractivity contribution in [3.63, 3.8) is 0 Å². The Kier molecular flexibility index (Phi) is 11.5. The summed E-state index contributed by atoms with van der Waals surface area (Å²) >= 11 is 0. The number of hydrogen-bond acceptors (Lipinski definition) is 10. The largest absolute Gasteiger partial charge is 0.469 e. The van der Waals surface area contributed by atoms with Crippen molar-refractivity contribution in [2.45, 2.75) is 65.3 Å². The van der Waals surface area contributed by atoms with E-state index in [-0.39, 0.29) is 48.6 Å². The van der Waals surface area contributed by atoms with Crippen molar-refractivity contribution < 1.29 is 42.2 Å². The van der Waals surface area contributed by atoms with E-state index in [4.69, 9.17) is 23.3 Å². The number of aromatic nitrogens is 1. The Bertz CT molecular complexity index is 999. The van der Waals surface area contributed by atoms with E-state index in [1.54, 1.807) is 34.6 Å². The van der Waals surface area contributed by atoms with Gasteiger partial charge in [0.2, 0.25) is 0 Å². The van der Waals surface area contributed by atoms with Crippen molar-refractivity contribution in [3.8, 4) is 0 Å². The van der Waals surface area contributed by atoms with Gasteiger partial charge in [-0.1, -0.05) is 5.11 Å². The van der Waals surface area contributed by atoms with E-state index in [9.17, 15) is 24.5 Å². The Morgan fingerprint density at radius 3 is 2.09 bits per heavy atom. The summed E-state index contributed by atoms with van der Waals surface area (Å²) in [5.41, 5.74) is 8.59. The highest BCUT2D eigenvalue weighted by molar-refractivity contribution is 7.54. The first-order chi connectivity index (χ1) is 16.4. The van der Waals surface area contributed by atoms with Crippen LogP contribution in [0.1, 0.15) is 74.1 Å². The average Bonchev–Trinajstić information content (AvgIpc) is 3.12. The van der Waals surface area contributed by atoms with Gasteiger partial charge in [0.1, 0.15) is 11.3 Å². The Labute approximate surface area is 203 Å². The molecule has 0 aliphatic heterocycles. The summed E-state index contributed by atoms with van der Waals surface area (Å²) in [4.78, 5) is 42.8. The summed E-state index contributed by atoms with van der Waals surface area (Å²) in [6, 6.07) is 0. The molecule has 1 unspecified atom stereocenters. The molecule has 0 saturated heterocycles. The van der Waals surface area contributed by atoms with Gasteiger partial charge in [-0.05, 0) is 57.7 Å². The molecule has 1 aromatic rings. The van der Waals surface area contributed by atoms with Crippen LogP contribution in [-0.4, -0.2) is 55.9 Å². The van der Waals surface area contributed by atoms with Gasteiger partial charge in [-0.2, -0.15) is 0 Å². The fraction of sp³-hybridized carbons (Fsp3) is 0.667. The van der Waals surface area contributed by atoms with E-state index < -0.39 is 43.3 Å². The van der Waals surface area contributed by atoms with Crippen molar-refractivity contribution in [2.75, 3.05) is 27.4 Å². The summed E-state index contributed by atoms with van der Waals surface area (Å²) in [6.45, 7) is 8.09. The van der Waals surface area contributed by atoms with Gasteiger partial charge in [0.15, 0.2) is 5.78 Å². The Morgan fingerprint density at radius 2 is 1.63 bits per heavy atom. The highest BCUT2D eigenvalue weighted by atomic mass is 31.2. The number of hydrogen-bond donors (Lipinski definition) is 1. The van der Waals surface area contributed by atoms with Crippen LogP contribution in [0, 0.1) is 0 Å². The number of nitrogens with zero attached hydrogens (tertiary/aromatic N) is 3. The second-order valence-corrected chi connectivity index (χ2v) is 10.2. The van der Waals surface area contributed by atoms with Crippen LogP contribution in [0.25, 0.3) is 10.4 Å². The van der Waals surface area contributed by atoms with Gasteiger partial charge in [-0.25, -0.2) is 4.79 Å². The van der Waals surface area contributed by atoms with Gasteiger partial charge in [0, 0.05) is 17.0 Å². The van der Waals surface area contributed by atoms with Crippen molar-refractivity contribution in [1.29, 1.82) is 0 Å². The van der Waals surface area contributed by atoms with Gasteiger partial charge in [-0.15, -0.1) is 0 Å². The predicted molar refractivity (Wildman–Crippen MR) is 125 cm³/mol. The third-order valence-corrected chi connectivity index (χ3v) is 6.74. The maximum Gasteiger partial charge on any atom is 0.355 e. The molecule has 13 nitrogen and oxygen atoms in total. The molecule has 0 amide bonds. The molecule has 196 valence electrons. The number of esters is 3. The lowest BCUT2D eigenvalue weighted by Gasteiger charge is -2.23. The molecule has 1 heterocycles.